The highest BCUT2D eigenvalue weighted by molar-refractivity contribution is 5.83. The number of benzene rings is 2. The molecule has 4 nitrogen and oxygen atoms in total. The zero-order chi connectivity index (χ0) is 15.0. The van der Waals surface area contributed by atoms with Gasteiger partial charge in [0.15, 0.2) is 11.6 Å². The minimum atomic E-state index is -0.726. The van der Waals surface area contributed by atoms with Crippen LogP contribution in [0, 0.1) is 24.1 Å². The molecule has 104 valence electrons. The molecule has 0 aliphatic rings. The number of nitrogens with one attached hydrogen (secondary N) is 1. The zero-order valence-corrected chi connectivity index (χ0v) is 11.3. The molecule has 0 bridgehead atoms. The molecule has 3 aromatic rings. The highest BCUT2D eigenvalue weighted by Crippen LogP contribution is 2.34. The Morgan fingerprint density at radius 2 is 2.14 bits per heavy atom. The van der Waals surface area contributed by atoms with E-state index in [1.165, 1.54) is 6.07 Å². The average molecular weight is 281 g/mol. The minimum absolute atomic E-state index is 0.0912. The molecule has 0 aliphatic carbocycles. The van der Waals surface area contributed by atoms with Crippen LogP contribution in [0.15, 0.2) is 30.3 Å². The minimum Gasteiger partial charge on any atom is -0.504 e. The zero-order valence-electron chi connectivity index (χ0n) is 11.3. The maximum absolute atomic E-state index is 13.8. The van der Waals surface area contributed by atoms with Crippen LogP contribution in [0.3, 0.4) is 0 Å². The molecule has 2 N–H and O–H groups in total. The third kappa shape index (κ3) is 2.32. The number of nitriles is 1. The van der Waals surface area contributed by atoms with Crippen LogP contribution < -0.4 is 0 Å². The van der Waals surface area contributed by atoms with E-state index in [1.54, 1.807) is 18.2 Å². The predicted octanol–water partition coefficient (Wildman–Crippen LogP) is 3.45. The number of phenols is 1. The smallest absolute Gasteiger partial charge is 0.165 e. The van der Waals surface area contributed by atoms with Gasteiger partial charge in [-0.3, -0.25) is 0 Å². The van der Waals surface area contributed by atoms with E-state index in [4.69, 9.17) is 5.26 Å². The number of aromatic hydroxyl groups is 1. The van der Waals surface area contributed by atoms with E-state index in [9.17, 15) is 9.50 Å². The summed E-state index contributed by atoms with van der Waals surface area (Å²) in [5.74, 6) is -0.352. The van der Waals surface area contributed by atoms with Gasteiger partial charge in [0.25, 0.3) is 0 Å². The van der Waals surface area contributed by atoms with Crippen LogP contribution in [-0.4, -0.2) is 15.1 Å². The SMILES string of the molecule is Cc1nc2cc(-c3cc(CC#N)cc(F)c3O)ccc2[nH]1. The van der Waals surface area contributed by atoms with Gasteiger partial charge in [0.1, 0.15) is 5.82 Å². The second-order valence-corrected chi connectivity index (χ2v) is 4.86. The van der Waals surface area contributed by atoms with Gasteiger partial charge in [0.2, 0.25) is 0 Å². The quantitative estimate of drug-likeness (QED) is 0.755. The van der Waals surface area contributed by atoms with Crippen LogP contribution >= 0.6 is 0 Å². The number of phenolic OH excluding ortho intramolecular Hbond substituents is 1. The summed E-state index contributed by atoms with van der Waals surface area (Å²) in [4.78, 5) is 7.43. The first-order chi connectivity index (χ1) is 10.1. The summed E-state index contributed by atoms with van der Waals surface area (Å²) >= 11 is 0. The van der Waals surface area contributed by atoms with E-state index in [2.05, 4.69) is 9.97 Å². The molecule has 1 heterocycles. The Morgan fingerprint density at radius 1 is 1.33 bits per heavy atom. The van der Waals surface area contributed by atoms with Crippen LogP contribution in [0.2, 0.25) is 0 Å². The van der Waals surface area contributed by atoms with Gasteiger partial charge in [0, 0.05) is 5.56 Å². The summed E-state index contributed by atoms with van der Waals surface area (Å²) in [6, 6.07) is 10.2. The summed E-state index contributed by atoms with van der Waals surface area (Å²) < 4.78 is 13.8. The Kier molecular flexibility index (Phi) is 3.07. The highest BCUT2D eigenvalue weighted by Gasteiger charge is 2.13. The average Bonchev–Trinajstić information content (AvgIpc) is 2.82. The molecule has 0 unspecified atom stereocenters. The first-order valence-corrected chi connectivity index (χ1v) is 6.43. The number of aryl methyl sites for hydroxylation is 1. The number of rotatable bonds is 2. The van der Waals surface area contributed by atoms with Crippen molar-refractivity contribution < 1.29 is 9.50 Å². The van der Waals surface area contributed by atoms with Crippen molar-refractivity contribution in [3.05, 3.63) is 47.5 Å². The van der Waals surface area contributed by atoms with Gasteiger partial charge < -0.3 is 10.1 Å². The molecule has 3 rings (SSSR count). The van der Waals surface area contributed by atoms with Crippen molar-refractivity contribution in [2.24, 2.45) is 0 Å². The Labute approximate surface area is 120 Å². The molecule has 0 saturated heterocycles. The summed E-state index contributed by atoms with van der Waals surface area (Å²) in [5.41, 5.74) is 3.17. The van der Waals surface area contributed by atoms with Crippen LogP contribution in [-0.2, 0) is 6.42 Å². The maximum atomic E-state index is 13.8. The van der Waals surface area contributed by atoms with Crippen LogP contribution in [0.25, 0.3) is 22.2 Å². The van der Waals surface area contributed by atoms with E-state index in [1.807, 2.05) is 19.1 Å². The van der Waals surface area contributed by atoms with E-state index in [0.717, 1.165) is 16.9 Å². The summed E-state index contributed by atoms with van der Waals surface area (Å²) in [5, 5.41) is 18.7. The number of nitrogens with zero attached hydrogens (tertiary/aromatic N) is 2. The Morgan fingerprint density at radius 3 is 2.90 bits per heavy atom. The lowest BCUT2D eigenvalue weighted by Crippen LogP contribution is -1.89. The van der Waals surface area contributed by atoms with Gasteiger partial charge in [-0.15, -0.1) is 0 Å². The maximum Gasteiger partial charge on any atom is 0.165 e. The lowest BCUT2D eigenvalue weighted by Gasteiger charge is -2.08. The molecule has 0 aliphatic heterocycles. The topological polar surface area (TPSA) is 72.7 Å². The Balaban J connectivity index is 2.19. The van der Waals surface area contributed by atoms with Gasteiger partial charge >= 0.3 is 0 Å². The van der Waals surface area contributed by atoms with Crippen LogP contribution in [0.1, 0.15) is 11.4 Å². The largest absolute Gasteiger partial charge is 0.504 e. The molecular formula is C16H12FN3O. The number of halogens is 1. The number of H-pyrrole nitrogens is 1. The fourth-order valence-corrected chi connectivity index (χ4v) is 2.37. The van der Waals surface area contributed by atoms with Gasteiger partial charge in [-0.25, -0.2) is 9.37 Å². The Hall–Kier alpha value is -2.87. The van der Waals surface area contributed by atoms with Crippen LogP contribution in [0.5, 0.6) is 5.75 Å². The summed E-state index contributed by atoms with van der Waals surface area (Å²) in [7, 11) is 0. The number of fused-ring (bicyclic) bond motifs is 1. The standard InChI is InChI=1S/C16H12FN3O/c1-9-19-14-3-2-11(8-15(14)20-9)12-6-10(4-5-18)7-13(17)16(12)21/h2-3,6-8,21H,4H2,1H3,(H,19,20). The molecule has 0 radical (unpaired) electrons. The molecule has 5 heteroatoms. The number of aromatic nitrogens is 2. The van der Waals surface area contributed by atoms with Crippen molar-refractivity contribution in [2.45, 2.75) is 13.3 Å². The van der Waals surface area contributed by atoms with Crippen molar-refractivity contribution in [1.29, 1.82) is 5.26 Å². The fourth-order valence-electron chi connectivity index (χ4n) is 2.37. The lowest BCUT2D eigenvalue weighted by atomic mass is 10.00. The molecule has 1 aromatic heterocycles. The van der Waals surface area contributed by atoms with Crippen molar-refractivity contribution in [3.63, 3.8) is 0 Å². The van der Waals surface area contributed by atoms with E-state index >= 15 is 0 Å². The van der Waals surface area contributed by atoms with Gasteiger partial charge in [-0.2, -0.15) is 5.26 Å². The highest BCUT2D eigenvalue weighted by atomic mass is 19.1. The fraction of sp³-hybridized carbons (Fsp3) is 0.125. The van der Waals surface area contributed by atoms with Crippen LogP contribution in [0.4, 0.5) is 4.39 Å². The third-order valence-electron chi connectivity index (χ3n) is 3.32. The second-order valence-electron chi connectivity index (χ2n) is 4.86. The third-order valence-corrected chi connectivity index (χ3v) is 3.32. The van der Waals surface area contributed by atoms with Crippen molar-refractivity contribution in [3.8, 4) is 22.9 Å². The van der Waals surface area contributed by atoms with Crippen molar-refractivity contribution in [2.75, 3.05) is 0 Å². The summed E-state index contributed by atoms with van der Waals surface area (Å²) in [6.07, 6.45) is 0.0912. The molecule has 0 amide bonds. The van der Waals surface area contributed by atoms with Crippen molar-refractivity contribution >= 4 is 11.0 Å². The molecular weight excluding hydrogens is 269 g/mol. The Bertz CT molecular complexity index is 877. The first kappa shape index (κ1) is 13.1. The van der Waals surface area contributed by atoms with Gasteiger partial charge in [-0.1, -0.05) is 6.07 Å². The normalized spacial score (nSPS) is 10.7. The number of hydrogen-bond acceptors (Lipinski definition) is 3. The molecule has 0 fully saturated rings. The van der Waals surface area contributed by atoms with E-state index in [-0.39, 0.29) is 6.42 Å². The van der Waals surface area contributed by atoms with Gasteiger partial charge in [-0.05, 0) is 42.3 Å². The molecule has 0 spiro atoms. The monoisotopic (exact) mass is 281 g/mol. The number of imidazole rings is 1. The van der Waals surface area contributed by atoms with Gasteiger partial charge in [0.05, 0.1) is 23.5 Å². The van der Waals surface area contributed by atoms with Crippen molar-refractivity contribution in [1.82, 2.24) is 9.97 Å². The second kappa shape index (κ2) is 4.91. The molecule has 0 atom stereocenters. The molecule has 21 heavy (non-hydrogen) atoms. The first-order valence-electron chi connectivity index (χ1n) is 6.43. The molecule has 2 aromatic carbocycles. The predicted molar refractivity (Wildman–Crippen MR) is 77.2 cm³/mol. The van der Waals surface area contributed by atoms with E-state index < -0.39 is 11.6 Å². The molecule has 0 saturated carbocycles. The lowest BCUT2D eigenvalue weighted by molar-refractivity contribution is 0.434. The number of hydrogen-bond donors (Lipinski definition) is 2. The summed E-state index contributed by atoms with van der Waals surface area (Å²) in [6.45, 7) is 1.85. The number of aromatic amines is 1. The van der Waals surface area contributed by atoms with E-state index in [0.29, 0.717) is 16.7 Å².